The molecule has 1 N–H and O–H groups in total. The molecule has 0 aliphatic rings. The van der Waals surface area contributed by atoms with Gasteiger partial charge in [0.05, 0.1) is 19.3 Å². The molecule has 1 heterocycles. The number of carboxylic acid groups (broad SMARTS) is 1. The lowest BCUT2D eigenvalue weighted by molar-refractivity contribution is -0.141. The van der Waals surface area contributed by atoms with Gasteiger partial charge in [-0.25, -0.2) is 0 Å². The molecule has 7 nitrogen and oxygen atoms in total. The lowest BCUT2D eigenvalue weighted by Crippen LogP contribution is -2.11. The Morgan fingerprint density at radius 3 is 2.72 bits per heavy atom. The zero-order valence-corrected chi connectivity index (χ0v) is 11.1. The van der Waals surface area contributed by atoms with Crippen LogP contribution in [0, 0.1) is 0 Å². The van der Waals surface area contributed by atoms with Crippen molar-refractivity contribution in [2.45, 2.75) is 31.5 Å². The van der Waals surface area contributed by atoms with E-state index in [9.17, 15) is 9.59 Å². The predicted octanol–water partition coefficient (Wildman–Crippen LogP) is 0.580. The Morgan fingerprint density at radius 2 is 2.17 bits per heavy atom. The minimum atomic E-state index is -0.916. The molecule has 0 saturated carbocycles. The minimum absolute atomic E-state index is 0.0833. The molecule has 0 aliphatic heterocycles. The summed E-state index contributed by atoms with van der Waals surface area (Å²) in [5.41, 5.74) is 0. The van der Waals surface area contributed by atoms with Crippen molar-refractivity contribution in [1.29, 1.82) is 0 Å². The van der Waals surface area contributed by atoms with E-state index in [0.717, 1.165) is 17.6 Å². The summed E-state index contributed by atoms with van der Waals surface area (Å²) in [4.78, 5) is 21.6. The van der Waals surface area contributed by atoms with Gasteiger partial charge < -0.3 is 14.4 Å². The van der Waals surface area contributed by atoms with E-state index < -0.39 is 5.97 Å². The quantitative estimate of drug-likeness (QED) is 0.573. The summed E-state index contributed by atoms with van der Waals surface area (Å²) in [7, 11) is 1.33. The Kier molecular flexibility index (Phi) is 5.63. The van der Waals surface area contributed by atoms with Crippen LogP contribution >= 0.6 is 11.8 Å². The number of carbonyl (C=O) groups excluding carboxylic acids is 1. The minimum Gasteiger partial charge on any atom is -0.481 e. The summed E-state index contributed by atoms with van der Waals surface area (Å²) in [5.74, 6) is -0.590. The summed E-state index contributed by atoms with van der Waals surface area (Å²) >= 11 is 1.09. The molecular formula is C10H15N3O4S. The van der Waals surface area contributed by atoms with Gasteiger partial charge in [0, 0.05) is 13.0 Å². The molecule has 18 heavy (non-hydrogen) atoms. The average Bonchev–Trinajstić information content (AvgIpc) is 2.75. The lowest BCUT2D eigenvalue weighted by atomic mass is 10.4. The highest BCUT2D eigenvalue weighted by Gasteiger charge is 2.13. The van der Waals surface area contributed by atoms with Crippen LogP contribution < -0.4 is 0 Å². The fraction of sp³-hybridized carbons (Fsp3) is 0.600. The van der Waals surface area contributed by atoms with Gasteiger partial charge in [0.25, 0.3) is 0 Å². The molecule has 8 heteroatoms. The van der Waals surface area contributed by atoms with Gasteiger partial charge >= 0.3 is 11.9 Å². The molecule has 1 rings (SSSR count). The number of carbonyl (C=O) groups is 2. The van der Waals surface area contributed by atoms with E-state index in [1.165, 1.54) is 7.11 Å². The topological polar surface area (TPSA) is 94.3 Å². The van der Waals surface area contributed by atoms with Crippen molar-refractivity contribution < 1.29 is 19.4 Å². The van der Waals surface area contributed by atoms with Crippen LogP contribution in [0.3, 0.4) is 0 Å². The highest BCUT2D eigenvalue weighted by Crippen LogP contribution is 2.17. The van der Waals surface area contributed by atoms with Gasteiger partial charge in [-0.1, -0.05) is 18.7 Å². The van der Waals surface area contributed by atoms with Crippen molar-refractivity contribution >= 4 is 23.7 Å². The van der Waals surface area contributed by atoms with E-state index in [2.05, 4.69) is 14.9 Å². The third kappa shape index (κ3) is 4.02. The van der Waals surface area contributed by atoms with Crippen LogP contribution in [0.1, 0.15) is 19.2 Å². The standard InChI is InChI=1S/C10H15N3O4S/c1-3-7-11-12-10(18-6-8(14)15)13(7)5-4-9(16)17-2/h3-6H2,1-2H3,(H,14,15). The first-order valence-corrected chi connectivity index (χ1v) is 6.40. The normalized spacial score (nSPS) is 10.3. The van der Waals surface area contributed by atoms with E-state index in [-0.39, 0.29) is 18.1 Å². The molecule has 0 fully saturated rings. The van der Waals surface area contributed by atoms with Crippen molar-refractivity contribution in [3.8, 4) is 0 Å². The van der Waals surface area contributed by atoms with Gasteiger partial charge in [0.1, 0.15) is 5.82 Å². The summed E-state index contributed by atoms with van der Waals surface area (Å²) in [6.45, 7) is 2.31. The summed E-state index contributed by atoms with van der Waals surface area (Å²) < 4.78 is 6.32. The number of ether oxygens (including phenoxy) is 1. The molecular weight excluding hydrogens is 258 g/mol. The third-order valence-electron chi connectivity index (χ3n) is 2.20. The van der Waals surface area contributed by atoms with Crippen LogP contribution in [0.25, 0.3) is 0 Å². The second-order valence-corrected chi connectivity index (χ2v) is 4.36. The first-order chi connectivity index (χ1) is 8.58. The van der Waals surface area contributed by atoms with E-state index in [1.807, 2.05) is 6.92 Å². The molecule has 0 aromatic carbocycles. The molecule has 1 aromatic heterocycles. The number of aryl methyl sites for hydroxylation is 1. The van der Waals surface area contributed by atoms with Crippen molar-refractivity contribution in [2.75, 3.05) is 12.9 Å². The number of aromatic nitrogens is 3. The number of thioether (sulfide) groups is 1. The molecule has 0 unspecified atom stereocenters. The number of aliphatic carboxylic acids is 1. The Balaban J connectivity index is 2.74. The Hall–Kier alpha value is -1.57. The van der Waals surface area contributed by atoms with Gasteiger partial charge in [-0.15, -0.1) is 10.2 Å². The van der Waals surface area contributed by atoms with Crippen molar-refractivity contribution in [2.24, 2.45) is 0 Å². The number of methoxy groups -OCH3 is 1. The first-order valence-electron chi connectivity index (χ1n) is 5.42. The lowest BCUT2D eigenvalue weighted by Gasteiger charge is -2.07. The van der Waals surface area contributed by atoms with E-state index in [0.29, 0.717) is 18.1 Å². The third-order valence-corrected chi connectivity index (χ3v) is 3.15. The zero-order valence-electron chi connectivity index (χ0n) is 10.3. The largest absolute Gasteiger partial charge is 0.481 e. The predicted molar refractivity (Wildman–Crippen MR) is 64.4 cm³/mol. The van der Waals surface area contributed by atoms with Crippen molar-refractivity contribution in [3.63, 3.8) is 0 Å². The van der Waals surface area contributed by atoms with Crippen LogP contribution in [-0.2, 0) is 27.3 Å². The van der Waals surface area contributed by atoms with E-state index in [1.54, 1.807) is 4.57 Å². The SMILES string of the molecule is CCc1nnc(SCC(=O)O)n1CCC(=O)OC. The van der Waals surface area contributed by atoms with Crippen LogP contribution in [0.4, 0.5) is 0 Å². The van der Waals surface area contributed by atoms with Crippen LogP contribution in [0.15, 0.2) is 5.16 Å². The fourth-order valence-corrected chi connectivity index (χ4v) is 2.05. The molecule has 0 spiro atoms. The van der Waals surface area contributed by atoms with Crippen LogP contribution in [0.5, 0.6) is 0 Å². The fourth-order valence-electron chi connectivity index (χ4n) is 1.34. The van der Waals surface area contributed by atoms with Gasteiger partial charge in [-0.3, -0.25) is 9.59 Å². The van der Waals surface area contributed by atoms with Crippen LogP contribution in [-0.4, -0.2) is 44.7 Å². The second kappa shape index (κ2) is 7.00. The maximum Gasteiger partial charge on any atom is 0.313 e. The number of carboxylic acids is 1. The number of nitrogens with zero attached hydrogens (tertiary/aromatic N) is 3. The summed E-state index contributed by atoms with van der Waals surface area (Å²) in [5, 5.41) is 17.0. The summed E-state index contributed by atoms with van der Waals surface area (Å²) in [6, 6.07) is 0. The maximum atomic E-state index is 11.1. The summed E-state index contributed by atoms with van der Waals surface area (Å²) in [6.07, 6.45) is 0.879. The van der Waals surface area contributed by atoms with E-state index >= 15 is 0 Å². The van der Waals surface area contributed by atoms with E-state index in [4.69, 9.17) is 5.11 Å². The average molecular weight is 273 g/mol. The highest BCUT2D eigenvalue weighted by molar-refractivity contribution is 7.99. The molecule has 0 atom stereocenters. The molecule has 0 amide bonds. The molecule has 0 radical (unpaired) electrons. The van der Waals surface area contributed by atoms with Crippen molar-refractivity contribution in [1.82, 2.24) is 14.8 Å². The zero-order chi connectivity index (χ0) is 13.5. The van der Waals surface area contributed by atoms with Gasteiger partial charge in [0.2, 0.25) is 0 Å². The molecule has 0 saturated heterocycles. The number of hydrogen-bond acceptors (Lipinski definition) is 6. The molecule has 100 valence electrons. The second-order valence-electron chi connectivity index (χ2n) is 3.41. The molecule has 1 aromatic rings. The van der Waals surface area contributed by atoms with Crippen molar-refractivity contribution in [3.05, 3.63) is 5.82 Å². The number of esters is 1. The smallest absolute Gasteiger partial charge is 0.313 e. The van der Waals surface area contributed by atoms with Crippen LogP contribution in [0.2, 0.25) is 0 Å². The molecule has 0 bridgehead atoms. The Labute approximate surface area is 109 Å². The number of hydrogen-bond donors (Lipinski definition) is 1. The number of rotatable bonds is 7. The Bertz CT molecular complexity index is 433. The van der Waals surface area contributed by atoms with Gasteiger partial charge in [0.15, 0.2) is 5.16 Å². The first kappa shape index (κ1) is 14.5. The monoisotopic (exact) mass is 273 g/mol. The van der Waals surface area contributed by atoms with Gasteiger partial charge in [-0.2, -0.15) is 0 Å². The highest BCUT2D eigenvalue weighted by atomic mass is 32.2. The molecule has 0 aliphatic carbocycles. The van der Waals surface area contributed by atoms with Gasteiger partial charge in [-0.05, 0) is 0 Å². The maximum absolute atomic E-state index is 11.1. The Morgan fingerprint density at radius 1 is 1.44 bits per heavy atom.